The molecule has 0 bridgehead atoms. The van der Waals surface area contributed by atoms with Crippen LogP contribution in [0.25, 0.3) is 0 Å². The van der Waals surface area contributed by atoms with Crippen LogP contribution in [0, 0.1) is 0 Å². The first-order valence-electron chi connectivity index (χ1n) is 13.4. The van der Waals surface area contributed by atoms with Crippen LogP contribution in [-0.4, -0.2) is 0 Å². The van der Waals surface area contributed by atoms with E-state index in [1.165, 1.54) is 108 Å². The molecule has 3 aliphatic rings. The fourth-order valence-corrected chi connectivity index (χ4v) is 6.66. The molecule has 3 aliphatic carbocycles. The van der Waals surface area contributed by atoms with Crippen LogP contribution in [0.2, 0.25) is 0 Å². The largest absolute Gasteiger partial charge is 0.355 e. The van der Waals surface area contributed by atoms with Gasteiger partial charge in [-0.2, -0.15) is 0 Å². The van der Waals surface area contributed by atoms with Gasteiger partial charge in [-0.3, -0.25) is 0 Å². The number of rotatable bonds is 5. The number of hydrogen-bond donors (Lipinski definition) is 1. The van der Waals surface area contributed by atoms with Crippen LogP contribution < -0.4 is 5.32 Å². The third-order valence-electron chi connectivity index (χ3n) is 8.43. The molecule has 0 radical (unpaired) electrons. The lowest BCUT2D eigenvalue weighted by Crippen LogP contribution is -2.15. The van der Waals surface area contributed by atoms with Crippen molar-refractivity contribution >= 4 is 11.4 Å². The predicted molar refractivity (Wildman–Crippen MR) is 134 cm³/mol. The molecule has 0 amide bonds. The summed E-state index contributed by atoms with van der Waals surface area (Å²) in [5.74, 6) is 2.28. The molecule has 1 N–H and O–H groups in total. The van der Waals surface area contributed by atoms with E-state index < -0.39 is 0 Å². The van der Waals surface area contributed by atoms with Gasteiger partial charge >= 0.3 is 0 Å². The fraction of sp³-hybridized carbons (Fsp3) is 0.600. The fourth-order valence-electron chi connectivity index (χ4n) is 6.66. The van der Waals surface area contributed by atoms with Crippen molar-refractivity contribution < 1.29 is 0 Å². The number of para-hydroxylation sites is 1. The van der Waals surface area contributed by atoms with Crippen molar-refractivity contribution in [3.05, 3.63) is 59.2 Å². The van der Waals surface area contributed by atoms with Gasteiger partial charge in [0.1, 0.15) is 0 Å². The first-order valence-corrected chi connectivity index (χ1v) is 13.4. The Hall–Kier alpha value is -1.76. The maximum absolute atomic E-state index is 3.97. The van der Waals surface area contributed by atoms with E-state index >= 15 is 0 Å². The maximum Gasteiger partial charge on any atom is 0.0455 e. The van der Waals surface area contributed by atoms with Gasteiger partial charge in [-0.15, -0.1) is 0 Å². The van der Waals surface area contributed by atoms with Crippen molar-refractivity contribution in [3.63, 3.8) is 0 Å². The number of nitrogens with one attached hydrogen (secondary N) is 1. The van der Waals surface area contributed by atoms with Gasteiger partial charge in [-0.25, -0.2) is 0 Å². The van der Waals surface area contributed by atoms with Gasteiger partial charge in [-0.1, -0.05) is 88.1 Å². The van der Waals surface area contributed by atoms with Crippen LogP contribution in [0.15, 0.2) is 42.5 Å². The molecule has 0 spiro atoms. The Labute approximate surface area is 190 Å². The Morgan fingerprint density at radius 3 is 1.45 bits per heavy atom. The van der Waals surface area contributed by atoms with Gasteiger partial charge in [0, 0.05) is 11.4 Å². The molecule has 0 saturated heterocycles. The Balaban J connectivity index is 1.60. The minimum atomic E-state index is 0.742. The second-order valence-electron chi connectivity index (χ2n) is 10.6. The van der Waals surface area contributed by atoms with E-state index in [9.17, 15) is 0 Å². The van der Waals surface area contributed by atoms with Gasteiger partial charge < -0.3 is 5.32 Å². The SMILES string of the molecule is c1ccc(Nc2c(C3CCCCC3)cc(C3CCCCC3)cc2C2CCCCC2)cc1. The minimum absolute atomic E-state index is 0.742. The molecule has 0 aromatic heterocycles. The zero-order chi connectivity index (χ0) is 20.9. The van der Waals surface area contributed by atoms with Crippen molar-refractivity contribution in [2.75, 3.05) is 5.32 Å². The molecule has 31 heavy (non-hydrogen) atoms. The average Bonchev–Trinajstić information content (AvgIpc) is 2.86. The van der Waals surface area contributed by atoms with Crippen molar-refractivity contribution in [3.8, 4) is 0 Å². The summed E-state index contributed by atoms with van der Waals surface area (Å²) in [7, 11) is 0. The molecule has 2 aromatic carbocycles. The Kier molecular flexibility index (Phi) is 6.97. The van der Waals surface area contributed by atoms with Crippen LogP contribution in [0.4, 0.5) is 11.4 Å². The third-order valence-corrected chi connectivity index (χ3v) is 8.43. The van der Waals surface area contributed by atoms with Gasteiger partial charge in [0.15, 0.2) is 0 Å². The summed E-state index contributed by atoms with van der Waals surface area (Å²) in [6.07, 6.45) is 21.1. The van der Waals surface area contributed by atoms with Gasteiger partial charge in [-0.05, 0) is 85.1 Å². The highest BCUT2D eigenvalue weighted by Gasteiger charge is 2.28. The zero-order valence-corrected chi connectivity index (χ0v) is 19.4. The zero-order valence-electron chi connectivity index (χ0n) is 19.4. The van der Waals surface area contributed by atoms with E-state index in [1.807, 2.05) is 0 Å². The summed E-state index contributed by atoms with van der Waals surface area (Å²) in [6, 6.07) is 16.3. The molecule has 1 nitrogen and oxygen atoms in total. The second-order valence-corrected chi connectivity index (χ2v) is 10.6. The highest BCUT2D eigenvalue weighted by Crippen LogP contribution is 2.47. The van der Waals surface area contributed by atoms with Crippen molar-refractivity contribution in [1.82, 2.24) is 0 Å². The molecule has 0 unspecified atom stereocenters. The third kappa shape index (κ3) is 5.02. The molecule has 0 aliphatic heterocycles. The van der Waals surface area contributed by atoms with Crippen molar-refractivity contribution in [1.29, 1.82) is 0 Å². The molecule has 0 atom stereocenters. The van der Waals surface area contributed by atoms with Crippen LogP contribution in [0.1, 0.15) is 131 Å². The van der Waals surface area contributed by atoms with E-state index in [4.69, 9.17) is 0 Å². The molecular formula is C30H41N. The molecule has 3 saturated carbocycles. The Bertz CT molecular complexity index is 782. The summed E-state index contributed by atoms with van der Waals surface area (Å²) in [6.45, 7) is 0. The lowest BCUT2D eigenvalue weighted by molar-refractivity contribution is 0.428. The second kappa shape index (κ2) is 10.2. The van der Waals surface area contributed by atoms with Gasteiger partial charge in [0.2, 0.25) is 0 Å². The van der Waals surface area contributed by atoms with Crippen molar-refractivity contribution in [2.45, 2.75) is 114 Å². The summed E-state index contributed by atoms with van der Waals surface area (Å²) in [4.78, 5) is 0. The monoisotopic (exact) mass is 415 g/mol. The lowest BCUT2D eigenvalue weighted by atomic mass is 9.75. The Morgan fingerprint density at radius 1 is 0.516 bits per heavy atom. The lowest BCUT2D eigenvalue weighted by Gasteiger charge is -2.33. The van der Waals surface area contributed by atoms with Gasteiger partial charge in [0.25, 0.3) is 0 Å². The predicted octanol–water partition coefficient (Wildman–Crippen LogP) is 9.57. The van der Waals surface area contributed by atoms with Crippen LogP contribution >= 0.6 is 0 Å². The molecule has 166 valence electrons. The summed E-state index contributed by atoms with van der Waals surface area (Å²) >= 11 is 0. The van der Waals surface area contributed by atoms with E-state index in [0.717, 1.165) is 17.8 Å². The smallest absolute Gasteiger partial charge is 0.0455 e. The molecule has 5 rings (SSSR count). The van der Waals surface area contributed by atoms with E-state index in [-0.39, 0.29) is 0 Å². The maximum atomic E-state index is 3.97. The molecule has 2 aromatic rings. The van der Waals surface area contributed by atoms with E-state index in [2.05, 4.69) is 47.8 Å². The van der Waals surface area contributed by atoms with E-state index in [1.54, 1.807) is 16.7 Å². The first-order chi connectivity index (χ1) is 15.4. The number of benzene rings is 2. The molecular weight excluding hydrogens is 374 g/mol. The molecule has 0 heterocycles. The van der Waals surface area contributed by atoms with E-state index in [0.29, 0.717) is 0 Å². The van der Waals surface area contributed by atoms with Crippen molar-refractivity contribution in [2.24, 2.45) is 0 Å². The summed E-state index contributed by atoms with van der Waals surface area (Å²) < 4.78 is 0. The average molecular weight is 416 g/mol. The normalized spacial score (nSPS) is 21.8. The van der Waals surface area contributed by atoms with Gasteiger partial charge in [0.05, 0.1) is 0 Å². The van der Waals surface area contributed by atoms with Crippen LogP contribution in [0.5, 0.6) is 0 Å². The Morgan fingerprint density at radius 2 is 0.968 bits per heavy atom. The van der Waals surface area contributed by atoms with Crippen LogP contribution in [0.3, 0.4) is 0 Å². The highest BCUT2D eigenvalue weighted by atomic mass is 14.9. The summed E-state index contributed by atoms with van der Waals surface area (Å²) in [5.41, 5.74) is 7.74. The molecule has 1 heteroatoms. The topological polar surface area (TPSA) is 12.0 Å². The van der Waals surface area contributed by atoms with Crippen LogP contribution in [-0.2, 0) is 0 Å². The number of hydrogen-bond acceptors (Lipinski definition) is 1. The quantitative estimate of drug-likeness (QED) is 0.512. The summed E-state index contributed by atoms with van der Waals surface area (Å²) in [5, 5.41) is 3.97. The minimum Gasteiger partial charge on any atom is -0.355 e. The highest BCUT2D eigenvalue weighted by molar-refractivity contribution is 5.70. The molecule has 3 fully saturated rings. The standard InChI is InChI=1S/C30H41N/c1-5-13-23(14-6-1)26-21-28(24-15-7-2-8-16-24)30(31-27-19-11-4-12-20-27)29(22-26)25-17-9-3-10-18-25/h4,11-12,19-25,31H,1-3,5-10,13-18H2. The number of anilines is 2. The first kappa shape index (κ1) is 21.1.